The Morgan fingerprint density at radius 1 is 1.29 bits per heavy atom. The highest BCUT2D eigenvalue weighted by molar-refractivity contribution is 6.27. The maximum absolute atomic E-state index is 11.1. The molecule has 1 aromatic rings. The first-order chi connectivity index (χ1) is 8.04. The van der Waals surface area contributed by atoms with Crippen LogP contribution in [-0.2, 0) is 16.1 Å². The molecular formula is C12H15ClN2O2. The summed E-state index contributed by atoms with van der Waals surface area (Å²) in [6, 6.07) is 7.40. The number of nitrogens with one attached hydrogen (secondary N) is 1. The molecule has 0 bridgehead atoms. The molecule has 1 rings (SSSR count). The Kier molecular flexibility index (Phi) is 4.97. The van der Waals surface area contributed by atoms with Gasteiger partial charge in [-0.05, 0) is 17.7 Å². The number of carbonyl (C=O) groups excluding carboxylic acids is 2. The molecule has 0 spiro atoms. The maximum Gasteiger partial charge on any atom is 0.235 e. The van der Waals surface area contributed by atoms with Gasteiger partial charge in [0, 0.05) is 26.2 Å². The fourth-order valence-corrected chi connectivity index (χ4v) is 1.36. The van der Waals surface area contributed by atoms with Crippen LogP contribution in [0.2, 0.25) is 0 Å². The third-order valence-corrected chi connectivity index (χ3v) is 2.65. The monoisotopic (exact) mass is 254 g/mol. The van der Waals surface area contributed by atoms with E-state index in [0.717, 1.165) is 11.3 Å². The van der Waals surface area contributed by atoms with Crippen molar-refractivity contribution < 1.29 is 9.59 Å². The number of carbonyl (C=O) groups is 2. The van der Waals surface area contributed by atoms with Gasteiger partial charge in [0.1, 0.15) is 5.88 Å². The molecule has 2 amide bonds. The van der Waals surface area contributed by atoms with Crippen molar-refractivity contribution in [3.05, 3.63) is 29.8 Å². The van der Waals surface area contributed by atoms with Crippen LogP contribution in [0.25, 0.3) is 0 Å². The minimum absolute atomic E-state index is 0.0202. The Labute approximate surface area is 106 Å². The standard InChI is InChI=1S/C12H15ClN2O2/c1-9(16)15(2)11-5-3-10(4-6-11)8-14-12(17)7-13/h3-6H,7-8H2,1-2H3,(H,14,17). The summed E-state index contributed by atoms with van der Waals surface area (Å²) in [5.74, 6) is -0.254. The van der Waals surface area contributed by atoms with Crippen molar-refractivity contribution in [2.24, 2.45) is 0 Å². The summed E-state index contributed by atoms with van der Waals surface area (Å²) in [6.07, 6.45) is 0. The molecule has 92 valence electrons. The van der Waals surface area contributed by atoms with Gasteiger partial charge in [-0.3, -0.25) is 9.59 Å². The summed E-state index contributed by atoms with van der Waals surface area (Å²) < 4.78 is 0. The summed E-state index contributed by atoms with van der Waals surface area (Å²) in [6.45, 7) is 1.95. The number of alkyl halides is 1. The van der Waals surface area contributed by atoms with E-state index < -0.39 is 0 Å². The van der Waals surface area contributed by atoms with Crippen molar-refractivity contribution >= 4 is 29.1 Å². The number of rotatable bonds is 4. The number of anilines is 1. The summed E-state index contributed by atoms with van der Waals surface area (Å²) in [5, 5.41) is 2.67. The number of halogens is 1. The second-order valence-electron chi connectivity index (χ2n) is 3.65. The third kappa shape index (κ3) is 4.07. The first-order valence-corrected chi connectivity index (χ1v) is 5.74. The average molecular weight is 255 g/mol. The predicted molar refractivity (Wildman–Crippen MR) is 68.1 cm³/mol. The zero-order chi connectivity index (χ0) is 12.8. The first-order valence-electron chi connectivity index (χ1n) is 5.20. The summed E-state index contributed by atoms with van der Waals surface area (Å²) in [5.41, 5.74) is 1.79. The molecule has 4 nitrogen and oxygen atoms in total. The molecular weight excluding hydrogens is 240 g/mol. The lowest BCUT2D eigenvalue weighted by Gasteiger charge is -2.15. The van der Waals surface area contributed by atoms with E-state index >= 15 is 0 Å². The summed E-state index contributed by atoms with van der Waals surface area (Å²) in [7, 11) is 1.71. The van der Waals surface area contributed by atoms with Gasteiger partial charge in [0.05, 0.1) is 0 Å². The highest BCUT2D eigenvalue weighted by Gasteiger charge is 2.05. The molecule has 0 saturated carbocycles. The fourth-order valence-electron chi connectivity index (χ4n) is 1.27. The lowest BCUT2D eigenvalue weighted by molar-refractivity contribution is -0.119. The number of hydrogen-bond donors (Lipinski definition) is 1. The topological polar surface area (TPSA) is 49.4 Å². The molecule has 0 unspecified atom stereocenters. The lowest BCUT2D eigenvalue weighted by Crippen LogP contribution is -2.24. The maximum atomic E-state index is 11.1. The van der Waals surface area contributed by atoms with Crippen LogP contribution in [0.1, 0.15) is 12.5 Å². The third-order valence-electron chi connectivity index (χ3n) is 2.41. The van der Waals surface area contributed by atoms with Crippen LogP contribution in [0.15, 0.2) is 24.3 Å². The van der Waals surface area contributed by atoms with Gasteiger partial charge in [-0.1, -0.05) is 12.1 Å². The molecule has 17 heavy (non-hydrogen) atoms. The van der Waals surface area contributed by atoms with E-state index in [1.807, 2.05) is 24.3 Å². The van der Waals surface area contributed by atoms with Crippen LogP contribution >= 0.6 is 11.6 Å². The Hall–Kier alpha value is -1.55. The molecule has 1 aromatic carbocycles. The number of amides is 2. The Bertz CT molecular complexity index is 403. The van der Waals surface area contributed by atoms with E-state index in [1.54, 1.807) is 11.9 Å². The zero-order valence-corrected chi connectivity index (χ0v) is 10.6. The van der Waals surface area contributed by atoms with Gasteiger partial charge in [0.25, 0.3) is 0 Å². The van der Waals surface area contributed by atoms with E-state index in [1.165, 1.54) is 6.92 Å². The van der Waals surface area contributed by atoms with Gasteiger partial charge in [-0.15, -0.1) is 11.6 Å². The highest BCUT2D eigenvalue weighted by atomic mass is 35.5. The van der Waals surface area contributed by atoms with E-state index in [4.69, 9.17) is 11.6 Å². The largest absolute Gasteiger partial charge is 0.351 e. The summed E-state index contributed by atoms with van der Waals surface area (Å²) >= 11 is 5.36. The summed E-state index contributed by atoms with van der Waals surface area (Å²) in [4.78, 5) is 23.6. The second kappa shape index (κ2) is 6.25. The van der Waals surface area contributed by atoms with Crippen molar-refractivity contribution in [3.8, 4) is 0 Å². The minimum Gasteiger partial charge on any atom is -0.351 e. The van der Waals surface area contributed by atoms with Crippen LogP contribution in [-0.4, -0.2) is 24.7 Å². The van der Waals surface area contributed by atoms with Gasteiger partial charge in [-0.25, -0.2) is 0 Å². The van der Waals surface area contributed by atoms with Crippen molar-refractivity contribution in [2.45, 2.75) is 13.5 Å². The zero-order valence-electron chi connectivity index (χ0n) is 9.87. The van der Waals surface area contributed by atoms with E-state index in [9.17, 15) is 9.59 Å². The highest BCUT2D eigenvalue weighted by Crippen LogP contribution is 2.13. The number of nitrogens with zero attached hydrogens (tertiary/aromatic N) is 1. The smallest absolute Gasteiger partial charge is 0.235 e. The second-order valence-corrected chi connectivity index (χ2v) is 3.92. The molecule has 0 radical (unpaired) electrons. The van der Waals surface area contributed by atoms with Crippen molar-refractivity contribution in [1.82, 2.24) is 5.32 Å². The molecule has 0 aliphatic heterocycles. The van der Waals surface area contributed by atoms with Crippen LogP contribution in [0.5, 0.6) is 0 Å². The van der Waals surface area contributed by atoms with Crippen LogP contribution in [0.3, 0.4) is 0 Å². The van der Waals surface area contributed by atoms with Crippen LogP contribution in [0, 0.1) is 0 Å². The van der Waals surface area contributed by atoms with Crippen molar-refractivity contribution in [3.63, 3.8) is 0 Å². The minimum atomic E-state index is -0.198. The normalized spacial score (nSPS) is 9.82. The van der Waals surface area contributed by atoms with Gasteiger partial charge in [0.2, 0.25) is 11.8 Å². The van der Waals surface area contributed by atoms with Gasteiger partial charge < -0.3 is 10.2 Å². The average Bonchev–Trinajstić information content (AvgIpc) is 2.35. The van der Waals surface area contributed by atoms with E-state index in [-0.39, 0.29) is 17.7 Å². The number of benzene rings is 1. The van der Waals surface area contributed by atoms with Gasteiger partial charge in [0.15, 0.2) is 0 Å². The molecule has 0 atom stereocenters. The fraction of sp³-hybridized carbons (Fsp3) is 0.333. The Morgan fingerprint density at radius 2 is 1.88 bits per heavy atom. The SMILES string of the molecule is CC(=O)N(C)c1ccc(CNC(=O)CCl)cc1. The van der Waals surface area contributed by atoms with E-state index in [2.05, 4.69) is 5.32 Å². The molecule has 0 aliphatic carbocycles. The molecule has 0 heterocycles. The molecule has 5 heteroatoms. The lowest BCUT2D eigenvalue weighted by atomic mass is 10.2. The van der Waals surface area contributed by atoms with Crippen LogP contribution in [0.4, 0.5) is 5.69 Å². The molecule has 0 fully saturated rings. The van der Waals surface area contributed by atoms with Gasteiger partial charge in [-0.2, -0.15) is 0 Å². The Morgan fingerprint density at radius 3 is 2.35 bits per heavy atom. The van der Waals surface area contributed by atoms with Crippen molar-refractivity contribution in [2.75, 3.05) is 17.8 Å². The first kappa shape index (κ1) is 13.5. The van der Waals surface area contributed by atoms with Crippen molar-refractivity contribution in [1.29, 1.82) is 0 Å². The molecule has 0 saturated heterocycles. The molecule has 0 aliphatic rings. The number of hydrogen-bond acceptors (Lipinski definition) is 2. The molecule has 0 aromatic heterocycles. The van der Waals surface area contributed by atoms with Crippen LogP contribution < -0.4 is 10.2 Å². The Balaban J connectivity index is 2.62. The molecule has 1 N–H and O–H groups in total. The predicted octanol–water partition coefficient (Wildman–Crippen LogP) is 1.52. The quantitative estimate of drug-likeness (QED) is 0.829. The van der Waals surface area contributed by atoms with E-state index in [0.29, 0.717) is 6.54 Å². The van der Waals surface area contributed by atoms with Gasteiger partial charge >= 0.3 is 0 Å².